The third-order valence-electron chi connectivity index (χ3n) is 3.60. The first kappa shape index (κ1) is 18.3. The second kappa shape index (κ2) is 8.68. The number of ether oxygens (including phenoxy) is 2. The van der Waals surface area contributed by atoms with Crippen LogP contribution in [0.2, 0.25) is 0 Å². The second-order valence-electron chi connectivity index (χ2n) is 5.53. The van der Waals surface area contributed by atoms with Crippen LogP contribution in [0, 0.1) is 13.8 Å². The Kier molecular flexibility index (Phi) is 6.34. The molecule has 130 valence electrons. The van der Waals surface area contributed by atoms with Gasteiger partial charge in [0.2, 0.25) is 0 Å². The van der Waals surface area contributed by atoms with Gasteiger partial charge in [0.15, 0.2) is 6.61 Å². The molecule has 2 rings (SSSR count). The monoisotopic (exact) mass is 339 g/mol. The van der Waals surface area contributed by atoms with Gasteiger partial charge in [-0.3, -0.25) is 4.79 Å². The molecular formula is C20H21NO4. The summed E-state index contributed by atoms with van der Waals surface area (Å²) in [5.74, 6) is -0.261. The molecule has 1 amide bonds. The topological polar surface area (TPSA) is 64.6 Å². The zero-order chi connectivity index (χ0) is 18.2. The number of nitrogens with one attached hydrogen (secondary N) is 1. The first-order valence-corrected chi connectivity index (χ1v) is 7.84. The lowest BCUT2D eigenvalue weighted by atomic mass is 10.1. The van der Waals surface area contributed by atoms with Crippen molar-refractivity contribution in [3.63, 3.8) is 0 Å². The molecule has 0 saturated heterocycles. The van der Waals surface area contributed by atoms with Gasteiger partial charge in [-0.15, -0.1) is 0 Å². The highest BCUT2D eigenvalue weighted by molar-refractivity contribution is 5.95. The summed E-state index contributed by atoms with van der Waals surface area (Å²) in [5.41, 5.74) is 3.46. The smallest absolute Gasteiger partial charge is 0.331 e. The molecule has 0 fully saturated rings. The molecule has 2 aromatic carbocycles. The summed E-state index contributed by atoms with van der Waals surface area (Å²) >= 11 is 0. The molecule has 1 N–H and O–H groups in total. The van der Waals surface area contributed by atoms with E-state index < -0.39 is 5.97 Å². The summed E-state index contributed by atoms with van der Waals surface area (Å²) < 4.78 is 10.1. The molecule has 0 aromatic heterocycles. The zero-order valence-electron chi connectivity index (χ0n) is 14.5. The predicted octanol–water partition coefficient (Wildman–Crippen LogP) is 3.51. The fraction of sp³-hybridized carbons (Fsp3) is 0.200. The van der Waals surface area contributed by atoms with Crippen molar-refractivity contribution >= 4 is 23.6 Å². The molecule has 0 saturated carbocycles. The van der Waals surface area contributed by atoms with E-state index in [-0.39, 0.29) is 12.5 Å². The number of para-hydroxylation sites is 1. The maximum Gasteiger partial charge on any atom is 0.331 e. The van der Waals surface area contributed by atoms with E-state index in [2.05, 4.69) is 5.32 Å². The fourth-order valence-corrected chi connectivity index (χ4v) is 2.28. The molecule has 0 aliphatic heterocycles. The SMILES string of the molecule is COc1cccc(/C=C/C(=O)OCC(=O)Nc2c(C)cccc2C)c1. The minimum atomic E-state index is -0.584. The summed E-state index contributed by atoms with van der Waals surface area (Å²) in [7, 11) is 1.58. The Hall–Kier alpha value is -3.08. The normalized spacial score (nSPS) is 10.5. The number of esters is 1. The van der Waals surface area contributed by atoms with Crippen molar-refractivity contribution in [2.75, 3.05) is 19.0 Å². The molecule has 0 radical (unpaired) electrons. The molecular weight excluding hydrogens is 318 g/mol. The maximum absolute atomic E-state index is 12.0. The lowest BCUT2D eigenvalue weighted by molar-refractivity contribution is -0.142. The van der Waals surface area contributed by atoms with E-state index in [0.29, 0.717) is 5.75 Å². The molecule has 0 heterocycles. The minimum Gasteiger partial charge on any atom is -0.497 e. The minimum absolute atomic E-state index is 0.338. The van der Waals surface area contributed by atoms with Crippen LogP contribution in [-0.2, 0) is 14.3 Å². The molecule has 0 aliphatic rings. The van der Waals surface area contributed by atoms with Crippen molar-refractivity contribution in [2.24, 2.45) is 0 Å². The number of aryl methyl sites for hydroxylation is 2. The summed E-state index contributed by atoms with van der Waals surface area (Å²) in [5, 5.41) is 2.77. The molecule has 5 nitrogen and oxygen atoms in total. The zero-order valence-corrected chi connectivity index (χ0v) is 14.5. The Morgan fingerprint density at radius 2 is 1.76 bits per heavy atom. The van der Waals surface area contributed by atoms with E-state index in [0.717, 1.165) is 22.4 Å². The number of benzene rings is 2. The van der Waals surface area contributed by atoms with Gasteiger partial charge in [-0.25, -0.2) is 4.79 Å². The standard InChI is InChI=1S/C20H21NO4/c1-14-6-4-7-15(2)20(14)21-18(22)13-25-19(23)11-10-16-8-5-9-17(12-16)24-3/h4-12H,13H2,1-3H3,(H,21,22)/b11-10+. The van der Waals surface area contributed by atoms with Gasteiger partial charge in [0, 0.05) is 11.8 Å². The summed E-state index contributed by atoms with van der Waals surface area (Å²) in [6, 6.07) is 13.0. The summed E-state index contributed by atoms with van der Waals surface area (Å²) in [4.78, 5) is 23.7. The van der Waals surface area contributed by atoms with Gasteiger partial charge >= 0.3 is 5.97 Å². The Morgan fingerprint density at radius 3 is 2.44 bits per heavy atom. The number of hydrogen-bond donors (Lipinski definition) is 1. The van der Waals surface area contributed by atoms with Crippen LogP contribution >= 0.6 is 0 Å². The number of rotatable bonds is 6. The van der Waals surface area contributed by atoms with Crippen LogP contribution in [0.4, 0.5) is 5.69 Å². The number of methoxy groups -OCH3 is 1. The van der Waals surface area contributed by atoms with Crippen LogP contribution in [0.3, 0.4) is 0 Å². The van der Waals surface area contributed by atoms with Gasteiger partial charge in [-0.2, -0.15) is 0 Å². The van der Waals surface area contributed by atoms with Crippen LogP contribution in [0.25, 0.3) is 6.08 Å². The van der Waals surface area contributed by atoms with Crippen molar-refractivity contribution in [1.29, 1.82) is 0 Å². The highest BCUT2D eigenvalue weighted by Gasteiger charge is 2.09. The van der Waals surface area contributed by atoms with Gasteiger partial charge in [0.25, 0.3) is 5.91 Å². The number of carbonyl (C=O) groups excluding carboxylic acids is 2. The lowest BCUT2D eigenvalue weighted by Crippen LogP contribution is -2.21. The van der Waals surface area contributed by atoms with E-state index in [1.54, 1.807) is 19.3 Å². The molecule has 25 heavy (non-hydrogen) atoms. The largest absolute Gasteiger partial charge is 0.497 e. The van der Waals surface area contributed by atoms with Gasteiger partial charge in [0.05, 0.1) is 7.11 Å². The van der Waals surface area contributed by atoms with Crippen molar-refractivity contribution in [1.82, 2.24) is 0 Å². The van der Waals surface area contributed by atoms with E-state index in [4.69, 9.17) is 9.47 Å². The van der Waals surface area contributed by atoms with E-state index in [9.17, 15) is 9.59 Å². The third-order valence-corrected chi connectivity index (χ3v) is 3.60. The average Bonchev–Trinajstić information content (AvgIpc) is 2.61. The first-order valence-electron chi connectivity index (χ1n) is 7.84. The van der Waals surface area contributed by atoms with Gasteiger partial charge in [-0.05, 0) is 48.7 Å². The highest BCUT2D eigenvalue weighted by atomic mass is 16.5. The van der Waals surface area contributed by atoms with Gasteiger partial charge in [-0.1, -0.05) is 30.3 Å². The number of carbonyl (C=O) groups is 2. The van der Waals surface area contributed by atoms with Crippen molar-refractivity contribution in [3.05, 3.63) is 65.2 Å². The highest BCUT2D eigenvalue weighted by Crippen LogP contribution is 2.19. The third kappa shape index (κ3) is 5.49. The van der Waals surface area contributed by atoms with Crippen molar-refractivity contribution < 1.29 is 19.1 Å². The Bertz CT molecular complexity index is 776. The van der Waals surface area contributed by atoms with Crippen LogP contribution in [0.5, 0.6) is 5.75 Å². The van der Waals surface area contributed by atoms with E-state index in [1.807, 2.05) is 50.2 Å². The lowest BCUT2D eigenvalue weighted by Gasteiger charge is -2.11. The van der Waals surface area contributed by atoms with Crippen molar-refractivity contribution in [2.45, 2.75) is 13.8 Å². The second-order valence-corrected chi connectivity index (χ2v) is 5.53. The molecule has 0 unspecified atom stereocenters. The molecule has 5 heteroatoms. The Morgan fingerprint density at radius 1 is 1.08 bits per heavy atom. The first-order chi connectivity index (χ1) is 12.0. The predicted molar refractivity (Wildman–Crippen MR) is 97.5 cm³/mol. The van der Waals surface area contributed by atoms with Crippen LogP contribution in [0.15, 0.2) is 48.5 Å². The molecule has 2 aromatic rings. The number of amides is 1. The Balaban J connectivity index is 1.87. The quantitative estimate of drug-likeness (QED) is 0.646. The van der Waals surface area contributed by atoms with Crippen molar-refractivity contribution in [3.8, 4) is 5.75 Å². The van der Waals surface area contributed by atoms with Crippen LogP contribution < -0.4 is 10.1 Å². The number of hydrogen-bond acceptors (Lipinski definition) is 4. The molecule has 0 aliphatic carbocycles. The Labute approximate surface area is 147 Å². The summed E-state index contributed by atoms with van der Waals surface area (Å²) in [6.45, 7) is 3.48. The van der Waals surface area contributed by atoms with E-state index >= 15 is 0 Å². The average molecular weight is 339 g/mol. The molecule has 0 spiro atoms. The van der Waals surface area contributed by atoms with Crippen LogP contribution in [-0.4, -0.2) is 25.6 Å². The summed E-state index contributed by atoms with van der Waals surface area (Å²) in [6.07, 6.45) is 2.88. The fourth-order valence-electron chi connectivity index (χ4n) is 2.28. The van der Waals surface area contributed by atoms with Gasteiger partial charge in [0.1, 0.15) is 5.75 Å². The van der Waals surface area contributed by atoms with E-state index in [1.165, 1.54) is 6.08 Å². The van der Waals surface area contributed by atoms with Crippen LogP contribution in [0.1, 0.15) is 16.7 Å². The van der Waals surface area contributed by atoms with Gasteiger partial charge < -0.3 is 14.8 Å². The maximum atomic E-state index is 12.0. The molecule has 0 bridgehead atoms. The number of anilines is 1. The molecule has 0 atom stereocenters.